The van der Waals surface area contributed by atoms with Crippen LogP contribution >= 0.6 is 11.6 Å². The zero-order chi connectivity index (χ0) is 23.2. The molecule has 4 rings (SSSR count). The van der Waals surface area contributed by atoms with Gasteiger partial charge in [0.05, 0.1) is 25.4 Å². The Kier molecular flexibility index (Phi) is 8.02. The molecule has 0 bridgehead atoms. The molecule has 0 radical (unpaired) electrons. The first-order valence-corrected chi connectivity index (χ1v) is 11.6. The minimum Gasteiger partial charge on any atom is -0.508 e. The summed E-state index contributed by atoms with van der Waals surface area (Å²) in [6, 6.07) is 22.9. The molecule has 1 fully saturated rings. The van der Waals surface area contributed by atoms with E-state index < -0.39 is 6.10 Å². The standard InChI is InChI=1S/C27H30ClNO4/c28-24-9-5-4-8-23(24)27-12-20(18-33-27)15-29(14-19-6-2-1-3-7-19)16-26(32)21-10-11-25(31)22(13-21)17-30/h1-11,13,20,26-27,30-32H,12,14-18H2. The van der Waals surface area contributed by atoms with Gasteiger partial charge in [-0.15, -0.1) is 0 Å². The van der Waals surface area contributed by atoms with Gasteiger partial charge in [0, 0.05) is 30.2 Å². The van der Waals surface area contributed by atoms with Crippen molar-refractivity contribution in [3.63, 3.8) is 0 Å². The summed E-state index contributed by atoms with van der Waals surface area (Å²) < 4.78 is 6.09. The van der Waals surface area contributed by atoms with E-state index in [4.69, 9.17) is 16.3 Å². The molecular weight excluding hydrogens is 438 g/mol. The molecule has 0 aliphatic carbocycles. The van der Waals surface area contributed by atoms with Crippen LogP contribution < -0.4 is 0 Å². The number of hydrogen-bond acceptors (Lipinski definition) is 5. The number of nitrogens with zero attached hydrogens (tertiary/aromatic N) is 1. The summed E-state index contributed by atoms with van der Waals surface area (Å²) in [6.07, 6.45) is 0.108. The molecule has 1 heterocycles. The fraction of sp³-hybridized carbons (Fsp3) is 0.333. The van der Waals surface area contributed by atoms with Crippen molar-refractivity contribution in [3.05, 3.63) is 100 Å². The molecular formula is C27H30ClNO4. The van der Waals surface area contributed by atoms with E-state index in [1.807, 2.05) is 42.5 Å². The van der Waals surface area contributed by atoms with E-state index in [1.54, 1.807) is 12.1 Å². The van der Waals surface area contributed by atoms with Gasteiger partial charge in [0.2, 0.25) is 0 Å². The van der Waals surface area contributed by atoms with E-state index >= 15 is 0 Å². The zero-order valence-electron chi connectivity index (χ0n) is 18.5. The molecule has 33 heavy (non-hydrogen) atoms. The number of phenols is 1. The van der Waals surface area contributed by atoms with Gasteiger partial charge < -0.3 is 20.1 Å². The maximum absolute atomic E-state index is 11.0. The van der Waals surface area contributed by atoms with Gasteiger partial charge in [-0.3, -0.25) is 4.90 Å². The fourth-order valence-corrected chi connectivity index (χ4v) is 4.73. The highest BCUT2D eigenvalue weighted by molar-refractivity contribution is 6.31. The lowest BCUT2D eigenvalue weighted by Gasteiger charge is -2.28. The Hall–Kier alpha value is -2.41. The van der Waals surface area contributed by atoms with Gasteiger partial charge >= 0.3 is 0 Å². The Balaban J connectivity index is 1.46. The molecule has 3 atom stereocenters. The summed E-state index contributed by atoms with van der Waals surface area (Å²) in [5.74, 6) is 0.346. The SMILES string of the molecule is OCc1cc(C(O)CN(Cc2ccccc2)CC2COC(c3ccccc3Cl)C2)ccc1O. The number of ether oxygens (including phenoxy) is 1. The Bertz CT molecular complexity index is 1050. The molecule has 1 saturated heterocycles. The molecule has 1 aliphatic heterocycles. The lowest BCUT2D eigenvalue weighted by atomic mass is 9.99. The summed E-state index contributed by atoms with van der Waals surface area (Å²) in [4.78, 5) is 2.24. The second-order valence-electron chi connectivity index (χ2n) is 8.69. The minimum atomic E-state index is -0.749. The first kappa shape index (κ1) is 23.7. The summed E-state index contributed by atoms with van der Waals surface area (Å²) in [6.45, 7) is 2.28. The highest BCUT2D eigenvalue weighted by Crippen LogP contribution is 2.36. The predicted molar refractivity (Wildman–Crippen MR) is 129 cm³/mol. The minimum absolute atomic E-state index is 0.0172. The number of halogens is 1. The Morgan fingerprint density at radius 3 is 2.55 bits per heavy atom. The zero-order valence-corrected chi connectivity index (χ0v) is 19.2. The van der Waals surface area contributed by atoms with Crippen LogP contribution in [0.25, 0.3) is 0 Å². The van der Waals surface area contributed by atoms with Crippen molar-refractivity contribution in [2.75, 3.05) is 19.7 Å². The normalized spacial score (nSPS) is 19.2. The number of aromatic hydroxyl groups is 1. The number of rotatable bonds is 9. The first-order valence-electron chi connectivity index (χ1n) is 11.3. The topological polar surface area (TPSA) is 73.2 Å². The molecule has 0 spiro atoms. The Morgan fingerprint density at radius 2 is 1.79 bits per heavy atom. The van der Waals surface area contributed by atoms with Crippen LogP contribution in [0.2, 0.25) is 5.02 Å². The molecule has 3 aromatic carbocycles. The van der Waals surface area contributed by atoms with Crippen LogP contribution in [0.1, 0.15) is 40.9 Å². The van der Waals surface area contributed by atoms with Crippen molar-refractivity contribution in [3.8, 4) is 5.75 Å². The summed E-state index contributed by atoms with van der Waals surface area (Å²) >= 11 is 6.38. The maximum Gasteiger partial charge on any atom is 0.121 e. The van der Waals surface area contributed by atoms with E-state index in [0.717, 1.165) is 23.6 Å². The number of aliphatic hydroxyl groups excluding tert-OH is 2. The molecule has 6 heteroatoms. The largest absolute Gasteiger partial charge is 0.508 e. The van der Waals surface area contributed by atoms with Crippen LogP contribution in [0, 0.1) is 5.92 Å². The Morgan fingerprint density at radius 1 is 1.03 bits per heavy atom. The molecule has 3 unspecified atom stereocenters. The lowest BCUT2D eigenvalue weighted by Crippen LogP contribution is -2.33. The van der Waals surface area contributed by atoms with Gasteiger partial charge in [-0.05, 0) is 47.2 Å². The average molecular weight is 468 g/mol. The summed E-state index contributed by atoms with van der Waals surface area (Å²) in [5.41, 5.74) is 3.28. The quantitative estimate of drug-likeness (QED) is 0.419. The van der Waals surface area contributed by atoms with Gasteiger partial charge in [0.1, 0.15) is 5.75 Å². The second-order valence-corrected chi connectivity index (χ2v) is 9.09. The number of benzene rings is 3. The van der Waals surface area contributed by atoms with Gasteiger partial charge in [0.25, 0.3) is 0 Å². The Labute approximate surface area is 199 Å². The number of hydrogen-bond donors (Lipinski definition) is 3. The molecule has 5 nitrogen and oxygen atoms in total. The second kappa shape index (κ2) is 11.1. The summed E-state index contributed by atoms with van der Waals surface area (Å²) in [7, 11) is 0. The molecule has 0 amide bonds. The molecule has 3 aromatic rings. The van der Waals surface area contributed by atoms with Crippen molar-refractivity contribution >= 4 is 11.6 Å². The third kappa shape index (κ3) is 6.14. The number of aliphatic hydroxyl groups is 2. The monoisotopic (exact) mass is 467 g/mol. The average Bonchev–Trinajstić information content (AvgIpc) is 3.28. The van der Waals surface area contributed by atoms with Crippen molar-refractivity contribution in [2.24, 2.45) is 5.92 Å². The van der Waals surface area contributed by atoms with E-state index in [9.17, 15) is 15.3 Å². The van der Waals surface area contributed by atoms with Gasteiger partial charge in [-0.2, -0.15) is 0 Å². The van der Waals surface area contributed by atoms with Crippen LogP contribution in [0.15, 0.2) is 72.8 Å². The van der Waals surface area contributed by atoms with Crippen molar-refractivity contribution < 1.29 is 20.1 Å². The summed E-state index contributed by atoms with van der Waals surface area (Å²) in [5, 5.41) is 31.0. The molecule has 0 aromatic heterocycles. The molecule has 174 valence electrons. The molecule has 0 saturated carbocycles. The van der Waals surface area contributed by atoms with Crippen LogP contribution in [0.4, 0.5) is 0 Å². The van der Waals surface area contributed by atoms with Crippen molar-refractivity contribution in [1.29, 1.82) is 0 Å². The van der Waals surface area contributed by atoms with Gasteiger partial charge in [0.15, 0.2) is 0 Å². The van der Waals surface area contributed by atoms with E-state index in [0.29, 0.717) is 36.7 Å². The van der Waals surface area contributed by atoms with Gasteiger partial charge in [-0.25, -0.2) is 0 Å². The predicted octanol–water partition coefficient (Wildman–Crippen LogP) is 4.85. The van der Waals surface area contributed by atoms with Crippen molar-refractivity contribution in [2.45, 2.75) is 31.8 Å². The van der Waals surface area contributed by atoms with Crippen LogP contribution in [0.3, 0.4) is 0 Å². The van der Waals surface area contributed by atoms with E-state index in [-0.39, 0.29) is 18.5 Å². The lowest BCUT2D eigenvalue weighted by molar-refractivity contribution is 0.0862. The highest BCUT2D eigenvalue weighted by atomic mass is 35.5. The third-order valence-electron chi connectivity index (χ3n) is 6.19. The van der Waals surface area contributed by atoms with Crippen molar-refractivity contribution in [1.82, 2.24) is 4.90 Å². The fourth-order valence-electron chi connectivity index (χ4n) is 4.47. The van der Waals surface area contributed by atoms with Crippen LogP contribution in [-0.4, -0.2) is 39.9 Å². The highest BCUT2D eigenvalue weighted by Gasteiger charge is 2.30. The third-order valence-corrected chi connectivity index (χ3v) is 6.53. The molecule has 3 N–H and O–H groups in total. The maximum atomic E-state index is 11.0. The first-order chi connectivity index (χ1) is 16.0. The van der Waals surface area contributed by atoms with Crippen LogP contribution in [0.5, 0.6) is 5.75 Å². The van der Waals surface area contributed by atoms with E-state index in [2.05, 4.69) is 17.0 Å². The molecule has 1 aliphatic rings. The van der Waals surface area contributed by atoms with Crippen LogP contribution in [-0.2, 0) is 17.9 Å². The van der Waals surface area contributed by atoms with E-state index in [1.165, 1.54) is 11.6 Å². The smallest absolute Gasteiger partial charge is 0.121 e. The van der Waals surface area contributed by atoms with Gasteiger partial charge in [-0.1, -0.05) is 66.2 Å².